The van der Waals surface area contributed by atoms with Crippen molar-refractivity contribution < 1.29 is 18.7 Å². The number of hydrogen-bond donors (Lipinski definition) is 0. The van der Waals surface area contributed by atoms with E-state index in [1.165, 1.54) is 23.5 Å². The second-order valence-corrected chi connectivity index (χ2v) is 7.78. The molecule has 3 aromatic rings. The van der Waals surface area contributed by atoms with Crippen molar-refractivity contribution in [3.05, 3.63) is 53.8 Å². The molecule has 1 saturated heterocycles. The molecule has 5 nitrogen and oxygen atoms in total. The Kier molecular flexibility index (Phi) is 5.54. The summed E-state index contributed by atoms with van der Waals surface area (Å²) in [5.74, 6) is 0.388. The van der Waals surface area contributed by atoms with Gasteiger partial charge in [0.1, 0.15) is 11.6 Å². The molecule has 0 unspecified atom stereocenters. The molecule has 0 bridgehead atoms. The number of anilines is 1. The minimum Gasteiger partial charge on any atom is -0.497 e. The van der Waals surface area contributed by atoms with Gasteiger partial charge in [0.2, 0.25) is 5.91 Å². The maximum atomic E-state index is 13.6. The topological polar surface area (TPSA) is 51.7 Å². The number of carbonyl (C=O) groups is 1. The lowest BCUT2D eigenvalue weighted by Gasteiger charge is -2.23. The van der Waals surface area contributed by atoms with Crippen LogP contribution in [0.5, 0.6) is 5.75 Å². The molecule has 146 valence electrons. The molecule has 28 heavy (non-hydrogen) atoms. The Hall–Kier alpha value is -2.51. The van der Waals surface area contributed by atoms with Gasteiger partial charge in [-0.05, 0) is 48.7 Å². The fourth-order valence-electron chi connectivity index (χ4n) is 3.29. The number of thiazole rings is 1. The second-order valence-electron chi connectivity index (χ2n) is 6.77. The van der Waals surface area contributed by atoms with E-state index in [-0.39, 0.29) is 24.2 Å². The second kappa shape index (κ2) is 8.24. The fourth-order valence-corrected chi connectivity index (χ4v) is 4.31. The third kappa shape index (κ3) is 4.15. The van der Waals surface area contributed by atoms with Crippen molar-refractivity contribution in [1.82, 2.24) is 4.98 Å². The van der Waals surface area contributed by atoms with E-state index >= 15 is 0 Å². The number of ether oxygens (including phenoxy) is 2. The summed E-state index contributed by atoms with van der Waals surface area (Å²) >= 11 is 1.33. The first-order chi connectivity index (χ1) is 13.6. The van der Waals surface area contributed by atoms with Crippen molar-refractivity contribution in [1.29, 1.82) is 0 Å². The molecule has 1 amide bonds. The van der Waals surface area contributed by atoms with Gasteiger partial charge in [0, 0.05) is 6.61 Å². The first kappa shape index (κ1) is 18.8. The van der Waals surface area contributed by atoms with E-state index in [0.29, 0.717) is 17.2 Å². The Morgan fingerprint density at radius 3 is 2.86 bits per heavy atom. The first-order valence-electron chi connectivity index (χ1n) is 9.23. The van der Waals surface area contributed by atoms with E-state index in [1.807, 2.05) is 24.3 Å². The summed E-state index contributed by atoms with van der Waals surface area (Å²) in [6.07, 6.45) is 2.17. The molecule has 1 aliphatic rings. The van der Waals surface area contributed by atoms with Gasteiger partial charge in [-0.1, -0.05) is 23.5 Å². The summed E-state index contributed by atoms with van der Waals surface area (Å²) in [5, 5.41) is 0.578. The Bertz CT molecular complexity index is 967. The van der Waals surface area contributed by atoms with Crippen molar-refractivity contribution in [2.24, 2.45) is 0 Å². The lowest BCUT2D eigenvalue weighted by Crippen LogP contribution is -2.38. The molecule has 0 aliphatic carbocycles. The number of carbonyl (C=O) groups excluding carboxylic acids is 1. The number of methoxy groups -OCH3 is 1. The summed E-state index contributed by atoms with van der Waals surface area (Å²) in [5.41, 5.74) is 1.59. The number of amides is 1. The van der Waals surface area contributed by atoms with E-state index in [1.54, 1.807) is 18.1 Å². The van der Waals surface area contributed by atoms with Gasteiger partial charge in [0.15, 0.2) is 5.13 Å². The van der Waals surface area contributed by atoms with Crippen LogP contribution < -0.4 is 9.64 Å². The van der Waals surface area contributed by atoms with Gasteiger partial charge in [-0.25, -0.2) is 9.37 Å². The quantitative estimate of drug-likeness (QED) is 0.622. The van der Waals surface area contributed by atoms with Crippen LogP contribution in [0.4, 0.5) is 9.52 Å². The zero-order valence-corrected chi connectivity index (χ0v) is 16.4. The van der Waals surface area contributed by atoms with Crippen LogP contribution in [0.25, 0.3) is 10.2 Å². The number of hydrogen-bond acceptors (Lipinski definition) is 5. The molecule has 2 aromatic carbocycles. The van der Waals surface area contributed by atoms with Gasteiger partial charge < -0.3 is 9.47 Å². The average molecular weight is 400 g/mol. The fraction of sp³-hybridized carbons (Fsp3) is 0.333. The normalized spacial score (nSPS) is 16.4. The van der Waals surface area contributed by atoms with E-state index in [9.17, 15) is 9.18 Å². The van der Waals surface area contributed by atoms with Crippen LogP contribution >= 0.6 is 11.3 Å². The van der Waals surface area contributed by atoms with Gasteiger partial charge in [-0.3, -0.25) is 9.69 Å². The summed E-state index contributed by atoms with van der Waals surface area (Å²) in [6.45, 7) is 1.17. The Labute approximate surface area is 166 Å². The van der Waals surface area contributed by atoms with Crippen molar-refractivity contribution >= 4 is 32.6 Å². The van der Waals surface area contributed by atoms with E-state index in [4.69, 9.17) is 9.47 Å². The van der Waals surface area contributed by atoms with E-state index in [2.05, 4.69) is 4.98 Å². The third-order valence-electron chi connectivity index (χ3n) is 4.80. The number of nitrogens with zero attached hydrogens (tertiary/aromatic N) is 2. The summed E-state index contributed by atoms with van der Waals surface area (Å²) < 4.78 is 25.2. The van der Waals surface area contributed by atoms with Crippen molar-refractivity contribution in [2.45, 2.75) is 25.4 Å². The maximum absolute atomic E-state index is 13.6. The van der Waals surface area contributed by atoms with Crippen LogP contribution in [0.1, 0.15) is 18.4 Å². The van der Waals surface area contributed by atoms with E-state index < -0.39 is 0 Å². The van der Waals surface area contributed by atoms with Crippen LogP contribution in [0.3, 0.4) is 0 Å². The van der Waals surface area contributed by atoms with Gasteiger partial charge in [0.25, 0.3) is 0 Å². The Morgan fingerprint density at radius 1 is 1.32 bits per heavy atom. The molecule has 0 spiro atoms. The van der Waals surface area contributed by atoms with Crippen LogP contribution in [-0.4, -0.2) is 37.3 Å². The molecule has 1 aliphatic heterocycles. The van der Waals surface area contributed by atoms with Gasteiger partial charge in [0.05, 0.1) is 36.4 Å². The monoisotopic (exact) mass is 400 g/mol. The number of halogens is 1. The van der Waals surface area contributed by atoms with Gasteiger partial charge in [-0.15, -0.1) is 0 Å². The highest BCUT2D eigenvalue weighted by molar-refractivity contribution is 7.22. The Balaban J connectivity index is 1.60. The largest absolute Gasteiger partial charge is 0.497 e. The number of fused-ring (bicyclic) bond motifs is 1. The van der Waals surface area contributed by atoms with E-state index in [0.717, 1.165) is 35.5 Å². The molecule has 1 atom stereocenters. The molecule has 1 aromatic heterocycles. The minimum absolute atomic E-state index is 0.00330. The number of benzene rings is 2. The van der Waals surface area contributed by atoms with Crippen LogP contribution in [0, 0.1) is 5.82 Å². The number of rotatable bonds is 6. The van der Waals surface area contributed by atoms with Gasteiger partial charge >= 0.3 is 0 Å². The molecule has 0 radical (unpaired) electrons. The summed E-state index contributed by atoms with van der Waals surface area (Å²) in [7, 11) is 1.61. The highest BCUT2D eigenvalue weighted by Crippen LogP contribution is 2.31. The predicted octanol–water partition coefficient (Wildman–Crippen LogP) is 4.20. The van der Waals surface area contributed by atoms with Crippen molar-refractivity contribution in [3.8, 4) is 5.75 Å². The molecule has 2 heterocycles. The lowest BCUT2D eigenvalue weighted by atomic mass is 10.1. The average Bonchev–Trinajstić information content (AvgIpc) is 3.35. The van der Waals surface area contributed by atoms with Crippen LogP contribution in [0.15, 0.2) is 42.5 Å². The van der Waals surface area contributed by atoms with Crippen molar-refractivity contribution in [2.75, 3.05) is 25.2 Å². The molecular weight excluding hydrogens is 379 g/mol. The molecule has 7 heteroatoms. The molecule has 1 fully saturated rings. The summed E-state index contributed by atoms with van der Waals surface area (Å²) in [6, 6.07) is 11.9. The maximum Gasteiger partial charge on any atom is 0.233 e. The number of aromatic nitrogens is 1. The van der Waals surface area contributed by atoms with Gasteiger partial charge in [-0.2, -0.15) is 0 Å². The Morgan fingerprint density at radius 2 is 2.14 bits per heavy atom. The molecule has 0 N–H and O–H groups in total. The van der Waals surface area contributed by atoms with Crippen molar-refractivity contribution in [3.63, 3.8) is 0 Å². The highest BCUT2D eigenvalue weighted by Gasteiger charge is 2.26. The van der Waals surface area contributed by atoms with Crippen LogP contribution in [-0.2, 0) is 16.0 Å². The predicted molar refractivity (Wildman–Crippen MR) is 108 cm³/mol. The molecule has 0 saturated carbocycles. The SMILES string of the molecule is COc1ccc(CC(=O)N(C[C@H]2CCCO2)c2nc3ccc(F)cc3s2)cc1. The highest BCUT2D eigenvalue weighted by atomic mass is 32.1. The molecular formula is C21H21FN2O3S. The zero-order valence-electron chi connectivity index (χ0n) is 15.6. The smallest absolute Gasteiger partial charge is 0.233 e. The lowest BCUT2D eigenvalue weighted by molar-refractivity contribution is -0.118. The standard InChI is InChI=1S/C21H21FN2O3S/c1-26-16-7-4-14(5-8-16)11-20(25)24(13-17-3-2-10-27-17)21-23-18-9-6-15(22)12-19(18)28-21/h4-9,12,17H,2-3,10-11,13H2,1H3/t17-/m1/s1. The molecule has 4 rings (SSSR count). The first-order valence-corrected chi connectivity index (χ1v) is 10.0. The zero-order chi connectivity index (χ0) is 19.5. The third-order valence-corrected chi connectivity index (χ3v) is 5.84. The van der Waals surface area contributed by atoms with Crippen LogP contribution in [0.2, 0.25) is 0 Å². The summed E-state index contributed by atoms with van der Waals surface area (Å²) in [4.78, 5) is 19.4. The minimum atomic E-state index is -0.307.